The maximum absolute atomic E-state index is 10.3. The molecule has 1 aliphatic heterocycles. The summed E-state index contributed by atoms with van der Waals surface area (Å²) in [5, 5.41) is 10.3. The number of aryl methyl sites for hydroxylation is 1. The first-order chi connectivity index (χ1) is 13.1. The number of phenolic OH excluding ortho intramolecular Hbond substituents is 1. The lowest BCUT2D eigenvalue weighted by molar-refractivity contribution is 0.0676. The van der Waals surface area contributed by atoms with Crippen molar-refractivity contribution in [2.75, 3.05) is 27.4 Å². The molecule has 27 heavy (non-hydrogen) atoms. The third kappa shape index (κ3) is 5.15. The second kappa shape index (κ2) is 9.11. The monoisotopic (exact) mass is 371 g/mol. The van der Waals surface area contributed by atoms with Gasteiger partial charge in [0.25, 0.3) is 0 Å². The number of methoxy groups -OCH3 is 2. The summed E-state index contributed by atoms with van der Waals surface area (Å²) >= 11 is 0. The first-order valence-electron chi connectivity index (χ1n) is 9.42. The molecule has 0 saturated carbocycles. The van der Waals surface area contributed by atoms with Crippen molar-refractivity contribution >= 4 is 0 Å². The number of phenols is 1. The van der Waals surface area contributed by atoms with E-state index in [9.17, 15) is 5.11 Å². The SMILES string of the molecule is COc1ccc(CN(Cc2cc(C)ccc2O)CC2CCCO2)cc1OC. The van der Waals surface area contributed by atoms with E-state index in [4.69, 9.17) is 14.2 Å². The predicted octanol–water partition coefficient (Wildman–Crippen LogP) is 3.90. The van der Waals surface area contributed by atoms with Gasteiger partial charge in [-0.2, -0.15) is 0 Å². The van der Waals surface area contributed by atoms with Gasteiger partial charge in [0.15, 0.2) is 11.5 Å². The van der Waals surface area contributed by atoms with Crippen molar-refractivity contribution in [3.8, 4) is 17.2 Å². The number of benzene rings is 2. The fourth-order valence-electron chi connectivity index (χ4n) is 3.58. The topological polar surface area (TPSA) is 51.2 Å². The summed E-state index contributed by atoms with van der Waals surface area (Å²) in [4.78, 5) is 2.33. The zero-order valence-corrected chi connectivity index (χ0v) is 16.4. The lowest BCUT2D eigenvalue weighted by Crippen LogP contribution is -2.31. The molecule has 1 aliphatic rings. The number of hydrogen-bond acceptors (Lipinski definition) is 5. The van der Waals surface area contributed by atoms with Crippen LogP contribution >= 0.6 is 0 Å². The van der Waals surface area contributed by atoms with E-state index in [1.165, 1.54) is 0 Å². The van der Waals surface area contributed by atoms with Gasteiger partial charge in [-0.1, -0.05) is 23.8 Å². The van der Waals surface area contributed by atoms with Crippen LogP contribution in [-0.4, -0.2) is 43.5 Å². The Kier molecular flexibility index (Phi) is 6.58. The van der Waals surface area contributed by atoms with Gasteiger partial charge in [-0.25, -0.2) is 0 Å². The highest BCUT2D eigenvalue weighted by molar-refractivity contribution is 5.43. The second-order valence-electron chi connectivity index (χ2n) is 7.13. The average molecular weight is 371 g/mol. The summed E-state index contributed by atoms with van der Waals surface area (Å²) in [6.07, 6.45) is 2.45. The summed E-state index contributed by atoms with van der Waals surface area (Å²) in [5.41, 5.74) is 3.22. The van der Waals surface area contributed by atoms with Crippen LogP contribution in [0.4, 0.5) is 0 Å². The number of hydrogen-bond donors (Lipinski definition) is 1. The molecule has 5 heteroatoms. The van der Waals surface area contributed by atoms with Gasteiger partial charge in [-0.15, -0.1) is 0 Å². The normalized spacial score (nSPS) is 16.7. The number of aromatic hydroxyl groups is 1. The Morgan fingerprint density at radius 2 is 1.89 bits per heavy atom. The van der Waals surface area contributed by atoms with Crippen molar-refractivity contribution in [3.63, 3.8) is 0 Å². The molecule has 1 saturated heterocycles. The smallest absolute Gasteiger partial charge is 0.161 e. The third-order valence-electron chi connectivity index (χ3n) is 4.97. The van der Waals surface area contributed by atoms with Crippen LogP contribution < -0.4 is 9.47 Å². The summed E-state index contributed by atoms with van der Waals surface area (Å²) in [6.45, 7) is 5.13. The van der Waals surface area contributed by atoms with Gasteiger partial charge in [0.1, 0.15) is 5.75 Å². The first kappa shape index (κ1) is 19.5. The molecule has 0 aliphatic carbocycles. The number of nitrogens with zero attached hydrogens (tertiary/aromatic N) is 1. The molecule has 1 fully saturated rings. The fraction of sp³-hybridized carbons (Fsp3) is 0.455. The van der Waals surface area contributed by atoms with Crippen molar-refractivity contribution in [2.45, 2.75) is 39.0 Å². The quantitative estimate of drug-likeness (QED) is 0.763. The van der Waals surface area contributed by atoms with Crippen molar-refractivity contribution in [2.24, 2.45) is 0 Å². The predicted molar refractivity (Wildman–Crippen MR) is 105 cm³/mol. The largest absolute Gasteiger partial charge is 0.508 e. The van der Waals surface area contributed by atoms with E-state index < -0.39 is 0 Å². The molecule has 0 radical (unpaired) electrons. The summed E-state index contributed by atoms with van der Waals surface area (Å²) in [7, 11) is 3.29. The molecular formula is C22H29NO4. The standard InChI is InChI=1S/C22H29NO4/c1-16-6-8-20(24)18(11-16)14-23(15-19-5-4-10-27-19)13-17-7-9-21(25-2)22(12-17)26-3/h6-9,11-12,19,24H,4-5,10,13-15H2,1-3H3. The van der Waals surface area contributed by atoms with Crippen LogP contribution in [0.2, 0.25) is 0 Å². The van der Waals surface area contributed by atoms with Crippen molar-refractivity contribution in [1.29, 1.82) is 0 Å². The van der Waals surface area contributed by atoms with E-state index in [1.54, 1.807) is 20.3 Å². The molecule has 0 amide bonds. The Bertz CT molecular complexity index is 756. The van der Waals surface area contributed by atoms with Crippen molar-refractivity contribution in [3.05, 3.63) is 53.1 Å². The number of ether oxygens (including phenoxy) is 3. The summed E-state index contributed by atoms with van der Waals surface area (Å²) < 4.78 is 16.6. The molecule has 1 unspecified atom stereocenters. The van der Waals surface area contributed by atoms with E-state index >= 15 is 0 Å². The minimum absolute atomic E-state index is 0.247. The molecular weight excluding hydrogens is 342 g/mol. The molecule has 3 rings (SSSR count). The van der Waals surface area contributed by atoms with Gasteiger partial charge < -0.3 is 19.3 Å². The highest BCUT2D eigenvalue weighted by Gasteiger charge is 2.21. The van der Waals surface area contributed by atoms with E-state index in [0.29, 0.717) is 12.3 Å². The fourth-order valence-corrected chi connectivity index (χ4v) is 3.58. The Labute approximate surface area is 161 Å². The van der Waals surface area contributed by atoms with Gasteiger partial charge in [0.2, 0.25) is 0 Å². The van der Waals surface area contributed by atoms with Crippen LogP contribution in [0.5, 0.6) is 17.2 Å². The van der Waals surface area contributed by atoms with Gasteiger partial charge in [0.05, 0.1) is 20.3 Å². The first-order valence-corrected chi connectivity index (χ1v) is 9.42. The Morgan fingerprint density at radius 1 is 1.07 bits per heavy atom. The Morgan fingerprint density at radius 3 is 2.59 bits per heavy atom. The lowest BCUT2D eigenvalue weighted by atomic mass is 10.1. The molecule has 0 aromatic heterocycles. The van der Waals surface area contributed by atoms with Crippen LogP contribution in [0.15, 0.2) is 36.4 Å². The van der Waals surface area contributed by atoms with Crippen molar-refractivity contribution in [1.82, 2.24) is 4.90 Å². The van der Waals surface area contributed by atoms with Crippen LogP contribution in [0.25, 0.3) is 0 Å². The summed E-state index contributed by atoms with van der Waals surface area (Å²) in [5.74, 6) is 1.79. The van der Waals surface area contributed by atoms with Crippen LogP contribution in [0.3, 0.4) is 0 Å². The minimum atomic E-state index is 0.247. The number of rotatable bonds is 8. The van der Waals surface area contributed by atoms with Crippen LogP contribution in [0, 0.1) is 6.92 Å². The maximum Gasteiger partial charge on any atom is 0.161 e. The molecule has 5 nitrogen and oxygen atoms in total. The highest BCUT2D eigenvalue weighted by Crippen LogP contribution is 2.29. The minimum Gasteiger partial charge on any atom is -0.508 e. The molecule has 2 aromatic rings. The van der Waals surface area contributed by atoms with E-state index in [1.807, 2.05) is 31.2 Å². The van der Waals surface area contributed by atoms with Crippen LogP contribution in [-0.2, 0) is 17.8 Å². The maximum atomic E-state index is 10.3. The molecule has 0 bridgehead atoms. The third-order valence-corrected chi connectivity index (χ3v) is 4.97. The van der Waals surface area contributed by atoms with Crippen molar-refractivity contribution < 1.29 is 19.3 Å². The van der Waals surface area contributed by atoms with Gasteiger partial charge in [-0.3, -0.25) is 4.90 Å². The zero-order chi connectivity index (χ0) is 19.2. The van der Waals surface area contributed by atoms with Crippen LogP contribution in [0.1, 0.15) is 29.5 Å². The Hall–Kier alpha value is -2.24. The molecule has 1 atom stereocenters. The van der Waals surface area contributed by atoms with Gasteiger partial charge in [0, 0.05) is 31.8 Å². The molecule has 0 spiro atoms. The Balaban J connectivity index is 1.79. The zero-order valence-electron chi connectivity index (χ0n) is 16.4. The van der Waals surface area contributed by atoms with Gasteiger partial charge in [-0.05, 0) is 43.5 Å². The molecule has 2 aromatic carbocycles. The summed E-state index contributed by atoms with van der Waals surface area (Å²) in [6, 6.07) is 11.7. The van der Waals surface area contributed by atoms with E-state index in [0.717, 1.165) is 60.7 Å². The molecule has 1 N–H and O–H groups in total. The van der Waals surface area contributed by atoms with Gasteiger partial charge >= 0.3 is 0 Å². The molecule has 146 valence electrons. The lowest BCUT2D eigenvalue weighted by Gasteiger charge is -2.26. The average Bonchev–Trinajstić information content (AvgIpc) is 3.17. The van der Waals surface area contributed by atoms with E-state index in [2.05, 4.69) is 11.0 Å². The van der Waals surface area contributed by atoms with E-state index in [-0.39, 0.29) is 6.10 Å². The highest BCUT2D eigenvalue weighted by atomic mass is 16.5. The second-order valence-corrected chi connectivity index (χ2v) is 7.13. The molecule has 1 heterocycles.